The smallest absolute Gasteiger partial charge is 0.541 e. The normalized spacial score (nSPS) is 11.3. The van der Waals surface area contributed by atoms with Gasteiger partial charge < -0.3 is 19.0 Å². The summed E-state index contributed by atoms with van der Waals surface area (Å²) in [5, 5.41) is 3.34. The Morgan fingerprint density at radius 2 is 1.60 bits per heavy atom. The molecule has 0 radical (unpaired) electrons. The monoisotopic (exact) mass is 730 g/mol. The molecule has 0 N–H and O–H groups in total. The molecule has 0 unspecified atom stereocenters. The third-order valence-corrected chi connectivity index (χ3v) is 10.5. The SMILES string of the molecule is O=C(CCc1ccccc1-c1ccc(OCCCOc2cccc(/C=C/c3ccc4ccc(Cl)cc4n3)c2)cc1)[N-]S(=O)(=O)c1cccs1.[Na+]. The number of thiophene rings is 1. The Labute approximate surface area is 323 Å². The number of carbonyl (C=O) groups is 1. The molecule has 2 heterocycles. The zero-order valence-electron chi connectivity index (χ0n) is 27.4. The molecule has 50 heavy (non-hydrogen) atoms. The van der Waals surface area contributed by atoms with E-state index in [0.717, 1.165) is 61.7 Å². The molecule has 7 nitrogen and oxygen atoms in total. The summed E-state index contributed by atoms with van der Waals surface area (Å²) in [5.41, 5.74) is 5.57. The Bertz CT molecular complexity index is 2190. The summed E-state index contributed by atoms with van der Waals surface area (Å²) in [5.74, 6) is 0.857. The summed E-state index contributed by atoms with van der Waals surface area (Å²) < 4.78 is 40.1. The van der Waals surface area contributed by atoms with Gasteiger partial charge in [0.05, 0.1) is 30.3 Å². The standard InChI is InChI=1S/C39H33ClN2O5S2.Na/c40-32-17-12-31-13-19-33(41-37(31)27-32)18-11-28-6-3-8-35(26-28)47-24-5-23-46-34-20-14-30(15-21-34)36-9-2-1-7-29(36)16-22-38(43)42-49(44,45)39-10-4-25-48-39;/h1-4,6-15,17-21,25-27H,5,16,22-24H2,(H,42,43);/q;+1/p-1/b18-11+;. The molecule has 0 bridgehead atoms. The van der Waals surface area contributed by atoms with Crippen LogP contribution in [0.25, 0.3) is 38.9 Å². The van der Waals surface area contributed by atoms with Crippen molar-refractivity contribution < 1.29 is 52.2 Å². The molecule has 0 fully saturated rings. The van der Waals surface area contributed by atoms with Crippen LogP contribution in [0.4, 0.5) is 0 Å². The number of halogens is 1. The van der Waals surface area contributed by atoms with Crippen LogP contribution in [0.5, 0.6) is 11.5 Å². The number of sulfonamides is 1. The topological polar surface area (TPSA) is 96.7 Å². The van der Waals surface area contributed by atoms with E-state index in [-0.39, 0.29) is 40.2 Å². The van der Waals surface area contributed by atoms with Gasteiger partial charge in [0.15, 0.2) is 0 Å². The van der Waals surface area contributed by atoms with Gasteiger partial charge in [-0.15, -0.1) is 11.3 Å². The van der Waals surface area contributed by atoms with Crippen LogP contribution in [0.15, 0.2) is 125 Å². The zero-order valence-corrected chi connectivity index (χ0v) is 31.8. The van der Waals surface area contributed by atoms with E-state index in [1.807, 2.05) is 115 Å². The van der Waals surface area contributed by atoms with Crippen molar-refractivity contribution in [2.45, 2.75) is 23.5 Å². The van der Waals surface area contributed by atoms with Crippen molar-refractivity contribution >= 4 is 61.9 Å². The van der Waals surface area contributed by atoms with E-state index in [4.69, 9.17) is 21.1 Å². The van der Waals surface area contributed by atoms with Gasteiger partial charge in [0.1, 0.15) is 25.7 Å². The molecule has 6 rings (SSSR count). The number of hydrogen-bond acceptors (Lipinski definition) is 7. The fourth-order valence-corrected chi connectivity index (χ4v) is 7.23. The predicted molar refractivity (Wildman–Crippen MR) is 198 cm³/mol. The first-order valence-corrected chi connectivity index (χ1v) is 18.3. The second-order valence-corrected chi connectivity index (χ2v) is 14.3. The van der Waals surface area contributed by atoms with Crippen LogP contribution in [-0.4, -0.2) is 32.5 Å². The van der Waals surface area contributed by atoms with Crippen molar-refractivity contribution in [1.29, 1.82) is 0 Å². The molecule has 4 aromatic carbocycles. The molecule has 2 aromatic heterocycles. The van der Waals surface area contributed by atoms with Gasteiger partial charge in [0, 0.05) is 16.8 Å². The van der Waals surface area contributed by atoms with Crippen molar-refractivity contribution in [2.75, 3.05) is 13.2 Å². The van der Waals surface area contributed by atoms with Crippen LogP contribution in [0.3, 0.4) is 0 Å². The maximum absolute atomic E-state index is 12.4. The number of ether oxygens (including phenoxy) is 2. The maximum Gasteiger partial charge on any atom is 1.00 e. The van der Waals surface area contributed by atoms with Crippen molar-refractivity contribution in [3.05, 3.63) is 147 Å². The molecule has 0 atom stereocenters. The van der Waals surface area contributed by atoms with Gasteiger partial charge in [-0.1, -0.05) is 84.4 Å². The summed E-state index contributed by atoms with van der Waals surface area (Å²) in [6.45, 7) is 0.998. The Kier molecular flexibility index (Phi) is 13.3. The molecular formula is C39H32ClN2NaO5S2. The summed E-state index contributed by atoms with van der Waals surface area (Å²) in [6.07, 6.45) is 5.04. The molecule has 6 aromatic rings. The molecular weight excluding hydrogens is 699 g/mol. The van der Waals surface area contributed by atoms with Crippen LogP contribution in [0, 0.1) is 0 Å². The minimum absolute atomic E-state index is 0. The van der Waals surface area contributed by atoms with Crippen LogP contribution in [-0.2, 0) is 21.2 Å². The molecule has 0 saturated carbocycles. The van der Waals surface area contributed by atoms with E-state index < -0.39 is 15.9 Å². The number of carbonyl (C=O) groups excluding carboxylic acids is 1. The number of pyridine rings is 1. The van der Waals surface area contributed by atoms with Gasteiger partial charge in [-0.25, -0.2) is 13.4 Å². The van der Waals surface area contributed by atoms with Crippen molar-refractivity contribution in [3.8, 4) is 22.6 Å². The number of amides is 1. The number of aromatic nitrogens is 1. The van der Waals surface area contributed by atoms with E-state index >= 15 is 0 Å². The van der Waals surface area contributed by atoms with Gasteiger partial charge in [-0.2, -0.15) is 0 Å². The molecule has 0 aliphatic rings. The van der Waals surface area contributed by atoms with E-state index in [1.54, 1.807) is 11.4 Å². The van der Waals surface area contributed by atoms with Crippen molar-refractivity contribution in [3.63, 3.8) is 0 Å². The van der Waals surface area contributed by atoms with Gasteiger partial charge in [-0.3, -0.25) is 0 Å². The van der Waals surface area contributed by atoms with E-state index in [0.29, 0.717) is 31.1 Å². The minimum Gasteiger partial charge on any atom is -0.541 e. The average molecular weight is 731 g/mol. The Balaban J connectivity index is 0.00000486. The Morgan fingerprint density at radius 1 is 0.820 bits per heavy atom. The molecule has 0 aliphatic carbocycles. The molecule has 0 aliphatic heterocycles. The van der Waals surface area contributed by atoms with Crippen molar-refractivity contribution in [2.24, 2.45) is 0 Å². The molecule has 248 valence electrons. The predicted octanol–water partition coefficient (Wildman–Crippen LogP) is 6.86. The third kappa shape index (κ3) is 10.3. The van der Waals surface area contributed by atoms with Gasteiger partial charge >= 0.3 is 29.6 Å². The average Bonchev–Trinajstić information content (AvgIpc) is 3.67. The molecule has 0 spiro atoms. The first-order valence-electron chi connectivity index (χ1n) is 15.7. The number of fused-ring (bicyclic) bond motifs is 1. The Morgan fingerprint density at radius 3 is 2.40 bits per heavy atom. The van der Waals surface area contributed by atoms with E-state index in [1.165, 1.54) is 6.07 Å². The largest absolute Gasteiger partial charge is 1.00 e. The first-order chi connectivity index (χ1) is 23.8. The van der Waals surface area contributed by atoms with Crippen molar-refractivity contribution in [1.82, 2.24) is 4.98 Å². The van der Waals surface area contributed by atoms with Gasteiger partial charge in [-0.05, 0) is 95.1 Å². The van der Waals surface area contributed by atoms with Crippen LogP contribution in [0.1, 0.15) is 29.7 Å². The Hall–Kier alpha value is -3.96. The van der Waals surface area contributed by atoms with Gasteiger partial charge in [0.2, 0.25) is 0 Å². The second-order valence-electron chi connectivity index (χ2n) is 11.1. The summed E-state index contributed by atoms with van der Waals surface area (Å²) in [4.78, 5) is 17.1. The zero-order chi connectivity index (χ0) is 34.1. The van der Waals surface area contributed by atoms with E-state index in [2.05, 4.69) is 9.71 Å². The maximum atomic E-state index is 12.4. The van der Waals surface area contributed by atoms with Gasteiger partial charge in [0.25, 0.3) is 0 Å². The summed E-state index contributed by atoms with van der Waals surface area (Å²) in [7, 11) is -3.97. The summed E-state index contributed by atoms with van der Waals surface area (Å²) >= 11 is 7.16. The quantitative estimate of drug-likeness (QED) is 0.0898. The second kappa shape index (κ2) is 17.8. The number of aryl methyl sites for hydroxylation is 1. The summed E-state index contributed by atoms with van der Waals surface area (Å²) in [6, 6.07) is 36.2. The first kappa shape index (κ1) is 37.3. The number of nitrogens with zero attached hydrogens (tertiary/aromatic N) is 2. The van der Waals surface area contributed by atoms with Crippen LogP contribution in [0.2, 0.25) is 5.02 Å². The molecule has 11 heteroatoms. The van der Waals surface area contributed by atoms with Crippen LogP contribution < -0.4 is 39.0 Å². The third-order valence-electron chi connectivity index (χ3n) is 7.57. The van der Waals surface area contributed by atoms with Crippen LogP contribution >= 0.6 is 22.9 Å². The molecule has 0 saturated heterocycles. The minimum atomic E-state index is -3.97. The molecule has 1 amide bonds. The number of benzene rings is 4. The number of hydrogen-bond donors (Lipinski definition) is 0. The fourth-order valence-electron chi connectivity index (χ4n) is 5.15. The fraction of sp³-hybridized carbons (Fsp3) is 0.128. The number of rotatable bonds is 14. The van der Waals surface area contributed by atoms with E-state index in [9.17, 15) is 13.2 Å².